The molecule has 4 atom stereocenters. The Labute approximate surface area is 155 Å². The maximum Gasteiger partial charge on any atom is 0.254 e. The number of carbonyl (C=O) groups excluding carboxylic acids is 1. The Morgan fingerprint density at radius 3 is 2.23 bits per heavy atom. The molecule has 4 unspecified atom stereocenters. The van der Waals surface area contributed by atoms with Crippen LogP contribution in [0.1, 0.15) is 36.7 Å². The highest BCUT2D eigenvalue weighted by atomic mass is 16.5. The van der Waals surface area contributed by atoms with Crippen molar-refractivity contribution in [2.45, 2.75) is 51.7 Å². The van der Waals surface area contributed by atoms with Gasteiger partial charge < -0.3 is 19.5 Å². The number of carbonyl (C=O) groups is 1. The Hall–Kier alpha value is -1.47. The zero-order chi connectivity index (χ0) is 18.7. The number of aliphatic hydroxyl groups is 1. The molecule has 0 radical (unpaired) electrons. The van der Waals surface area contributed by atoms with Crippen LogP contribution in [0.4, 0.5) is 0 Å². The molecule has 2 heterocycles. The number of ether oxygens (including phenoxy) is 2. The number of benzene rings is 1. The lowest BCUT2D eigenvalue weighted by Gasteiger charge is -2.36. The van der Waals surface area contributed by atoms with Crippen molar-refractivity contribution in [3.05, 3.63) is 35.4 Å². The van der Waals surface area contributed by atoms with Crippen LogP contribution in [0, 0.1) is 0 Å². The second-order valence-electron chi connectivity index (χ2n) is 7.61. The van der Waals surface area contributed by atoms with Crippen molar-refractivity contribution in [1.29, 1.82) is 0 Å². The minimum atomic E-state index is -0.299. The first-order chi connectivity index (χ1) is 12.4. The smallest absolute Gasteiger partial charge is 0.254 e. The topological polar surface area (TPSA) is 62.2 Å². The Morgan fingerprint density at radius 1 is 1.00 bits per heavy atom. The lowest BCUT2D eigenvalue weighted by Crippen LogP contribution is -2.50. The molecule has 2 fully saturated rings. The zero-order valence-electron chi connectivity index (χ0n) is 15.9. The molecule has 0 spiro atoms. The van der Waals surface area contributed by atoms with Crippen LogP contribution in [0.25, 0.3) is 0 Å². The molecule has 1 aromatic carbocycles. The fraction of sp³-hybridized carbons (Fsp3) is 0.650. The van der Waals surface area contributed by atoms with E-state index in [0.717, 1.165) is 19.6 Å². The van der Waals surface area contributed by atoms with E-state index in [9.17, 15) is 9.90 Å². The van der Waals surface area contributed by atoms with Crippen LogP contribution in [0.2, 0.25) is 0 Å². The predicted octanol–water partition coefficient (Wildman–Crippen LogP) is 1.52. The molecule has 3 rings (SSSR count). The Kier molecular flexibility index (Phi) is 6.29. The van der Waals surface area contributed by atoms with E-state index < -0.39 is 0 Å². The van der Waals surface area contributed by atoms with Gasteiger partial charge in [-0.05, 0) is 38.5 Å². The van der Waals surface area contributed by atoms with E-state index >= 15 is 0 Å². The van der Waals surface area contributed by atoms with Gasteiger partial charge in [0.15, 0.2) is 0 Å². The Balaban J connectivity index is 1.61. The van der Waals surface area contributed by atoms with Gasteiger partial charge in [0.25, 0.3) is 5.91 Å². The van der Waals surface area contributed by atoms with Gasteiger partial charge in [-0.1, -0.05) is 12.1 Å². The molecule has 2 saturated heterocycles. The molecular weight excluding hydrogens is 332 g/mol. The summed E-state index contributed by atoms with van der Waals surface area (Å²) >= 11 is 0. The minimum absolute atomic E-state index is 0.00114. The van der Waals surface area contributed by atoms with Crippen molar-refractivity contribution >= 4 is 5.91 Å². The van der Waals surface area contributed by atoms with Gasteiger partial charge >= 0.3 is 0 Å². The van der Waals surface area contributed by atoms with Crippen LogP contribution >= 0.6 is 0 Å². The van der Waals surface area contributed by atoms with Gasteiger partial charge in [0, 0.05) is 38.3 Å². The van der Waals surface area contributed by atoms with E-state index in [1.165, 1.54) is 5.56 Å². The highest BCUT2D eigenvalue weighted by molar-refractivity contribution is 5.94. The van der Waals surface area contributed by atoms with E-state index in [1.807, 2.05) is 31.2 Å². The number of aliphatic hydroxyl groups excluding tert-OH is 1. The number of morpholine rings is 2. The lowest BCUT2D eigenvalue weighted by atomic mass is 10.1. The summed E-state index contributed by atoms with van der Waals surface area (Å²) in [4.78, 5) is 16.9. The number of nitrogens with zero attached hydrogens (tertiary/aromatic N) is 2. The summed E-state index contributed by atoms with van der Waals surface area (Å²) < 4.78 is 11.4. The van der Waals surface area contributed by atoms with Gasteiger partial charge in [0.05, 0.1) is 31.0 Å². The molecule has 0 saturated carbocycles. The number of amides is 1. The first kappa shape index (κ1) is 19.3. The summed E-state index contributed by atoms with van der Waals surface area (Å²) in [7, 11) is 0. The van der Waals surface area contributed by atoms with Crippen LogP contribution in [-0.4, -0.2) is 78.0 Å². The Morgan fingerprint density at radius 2 is 1.62 bits per heavy atom. The summed E-state index contributed by atoms with van der Waals surface area (Å²) in [5, 5.41) is 9.33. The summed E-state index contributed by atoms with van der Waals surface area (Å²) in [6.07, 6.45) is 0.145. The lowest BCUT2D eigenvalue weighted by molar-refractivity contribution is -0.0858. The van der Waals surface area contributed by atoms with Gasteiger partial charge in [-0.2, -0.15) is 0 Å². The SMILES string of the molecule is CC1CN(Cc2ccc(C(=O)N3CC(C)OC(CO)C3)cc2)CC(C)O1. The molecule has 2 aliphatic heterocycles. The predicted molar refractivity (Wildman–Crippen MR) is 99.1 cm³/mol. The van der Waals surface area contributed by atoms with Crippen LogP contribution in [0.15, 0.2) is 24.3 Å². The zero-order valence-corrected chi connectivity index (χ0v) is 15.9. The fourth-order valence-corrected chi connectivity index (χ4v) is 3.92. The first-order valence-corrected chi connectivity index (χ1v) is 9.47. The van der Waals surface area contributed by atoms with E-state index in [4.69, 9.17) is 9.47 Å². The van der Waals surface area contributed by atoms with Gasteiger partial charge in [0.1, 0.15) is 0 Å². The van der Waals surface area contributed by atoms with Crippen LogP contribution < -0.4 is 0 Å². The molecule has 6 heteroatoms. The average molecular weight is 362 g/mol. The molecule has 1 N–H and O–H groups in total. The quantitative estimate of drug-likeness (QED) is 0.880. The van der Waals surface area contributed by atoms with Gasteiger partial charge in [-0.15, -0.1) is 0 Å². The van der Waals surface area contributed by atoms with Gasteiger partial charge in [-0.3, -0.25) is 9.69 Å². The summed E-state index contributed by atoms with van der Waals surface area (Å²) in [6.45, 7) is 9.79. The third-order valence-electron chi connectivity index (χ3n) is 4.92. The molecule has 2 aliphatic rings. The third kappa shape index (κ3) is 4.82. The first-order valence-electron chi connectivity index (χ1n) is 9.47. The van der Waals surface area contributed by atoms with Crippen molar-refractivity contribution in [2.24, 2.45) is 0 Å². The molecular formula is C20H30N2O4. The maximum absolute atomic E-state index is 12.8. The second kappa shape index (κ2) is 8.48. The van der Waals surface area contributed by atoms with Crippen LogP contribution in [0.3, 0.4) is 0 Å². The molecule has 0 aromatic heterocycles. The summed E-state index contributed by atoms with van der Waals surface area (Å²) in [5.41, 5.74) is 1.88. The number of hydrogen-bond acceptors (Lipinski definition) is 5. The molecule has 0 aliphatic carbocycles. The summed E-state index contributed by atoms with van der Waals surface area (Å²) in [6, 6.07) is 7.87. The molecule has 0 bridgehead atoms. The minimum Gasteiger partial charge on any atom is -0.394 e. The largest absolute Gasteiger partial charge is 0.394 e. The highest BCUT2D eigenvalue weighted by Crippen LogP contribution is 2.17. The van der Waals surface area contributed by atoms with Crippen LogP contribution in [0.5, 0.6) is 0 Å². The van der Waals surface area contributed by atoms with Crippen molar-refractivity contribution in [2.75, 3.05) is 32.8 Å². The molecule has 6 nitrogen and oxygen atoms in total. The number of rotatable bonds is 4. The average Bonchev–Trinajstić information content (AvgIpc) is 2.60. The van der Waals surface area contributed by atoms with Crippen molar-refractivity contribution in [3.63, 3.8) is 0 Å². The van der Waals surface area contributed by atoms with E-state index in [0.29, 0.717) is 18.7 Å². The van der Waals surface area contributed by atoms with Gasteiger partial charge in [0.2, 0.25) is 0 Å². The highest BCUT2D eigenvalue weighted by Gasteiger charge is 2.28. The standard InChI is InChI=1S/C20H30N2O4/c1-14-8-21(9-15(2)25-14)11-17-4-6-18(7-5-17)20(24)22-10-16(3)26-19(12-22)13-23/h4-7,14-16,19,23H,8-13H2,1-3H3. The monoisotopic (exact) mass is 362 g/mol. The summed E-state index contributed by atoms with van der Waals surface area (Å²) in [5.74, 6) is -0.00114. The molecule has 1 aromatic rings. The Bertz CT molecular complexity index is 596. The normalized spacial score (nSPS) is 30.4. The molecule has 1 amide bonds. The van der Waals surface area contributed by atoms with Crippen molar-refractivity contribution in [1.82, 2.24) is 9.80 Å². The van der Waals surface area contributed by atoms with Crippen molar-refractivity contribution < 1.29 is 19.4 Å². The maximum atomic E-state index is 12.8. The van der Waals surface area contributed by atoms with Crippen molar-refractivity contribution in [3.8, 4) is 0 Å². The molecule has 144 valence electrons. The van der Waals surface area contributed by atoms with Crippen LogP contribution in [-0.2, 0) is 16.0 Å². The van der Waals surface area contributed by atoms with E-state index in [1.54, 1.807) is 4.90 Å². The van der Waals surface area contributed by atoms with Gasteiger partial charge in [-0.25, -0.2) is 0 Å². The third-order valence-corrected chi connectivity index (χ3v) is 4.92. The number of hydrogen-bond donors (Lipinski definition) is 1. The molecule has 26 heavy (non-hydrogen) atoms. The second-order valence-corrected chi connectivity index (χ2v) is 7.61. The fourth-order valence-electron chi connectivity index (χ4n) is 3.92. The van der Waals surface area contributed by atoms with E-state index in [2.05, 4.69) is 18.7 Å². The van der Waals surface area contributed by atoms with E-state index in [-0.39, 0.29) is 36.9 Å².